The number of anilines is 1. The Morgan fingerprint density at radius 3 is 3.13 bits per heavy atom. The van der Waals surface area contributed by atoms with Crippen LogP contribution in [0.4, 0.5) is 5.69 Å². The van der Waals surface area contributed by atoms with Gasteiger partial charge in [0, 0.05) is 6.54 Å². The van der Waals surface area contributed by atoms with E-state index >= 15 is 0 Å². The first kappa shape index (κ1) is 9.83. The second-order valence-electron chi connectivity index (χ2n) is 3.59. The van der Waals surface area contributed by atoms with Crippen LogP contribution in [0.1, 0.15) is 18.4 Å². The molecule has 1 aliphatic rings. The molecule has 0 saturated heterocycles. The second kappa shape index (κ2) is 3.81. The first-order chi connectivity index (χ1) is 7.18. The van der Waals surface area contributed by atoms with Gasteiger partial charge in [-0.15, -0.1) is 0 Å². The van der Waals surface area contributed by atoms with Crippen LogP contribution >= 0.6 is 0 Å². The maximum atomic E-state index is 10.8. The van der Waals surface area contributed by atoms with Crippen molar-refractivity contribution in [3.8, 4) is 5.75 Å². The Kier molecular flexibility index (Phi) is 2.49. The molecule has 4 heteroatoms. The number of carbonyl (C=O) groups is 1. The summed E-state index contributed by atoms with van der Waals surface area (Å²) >= 11 is 0. The molecule has 0 bridgehead atoms. The van der Waals surface area contributed by atoms with Gasteiger partial charge in [0.1, 0.15) is 12.4 Å². The summed E-state index contributed by atoms with van der Waals surface area (Å²) < 4.78 is 5.44. The van der Waals surface area contributed by atoms with Crippen molar-refractivity contribution in [2.45, 2.75) is 12.8 Å². The predicted molar refractivity (Wildman–Crippen MR) is 56.5 cm³/mol. The average molecular weight is 207 g/mol. The molecule has 1 heterocycles. The number of carboxylic acids is 1. The number of nitrogens with one attached hydrogen (secondary N) is 1. The third-order valence-electron chi connectivity index (χ3n) is 2.55. The van der Waals surface area contributed by atoms with Gasteiger partial charge < -0.3 is 15.2 Å². The zero-order valence-electron chi connectivity index (χ0n) is 8.49. The number of aliphatic carboxylic acids is 1. The number of hydrogen-bond acceptors (Lipinski definition) is 3. The molecule has 0 aliphatic carbocycles. The second-order valence-corrected chi connectivity index (χ2v) is 3.59. The summed E-state index contributed by atoms with van der Waals surface area (Å²) in [4.78, 5) is 10.8. The lowest BCUT2D eigenvalue weighted by Crippen LogP contribution is -2.18. The number of hydrogen-bond donors (Lipinski definition) is 2. The van der Waals surface area contributed by atoms with Gasteiger partial charge in [-0.2, -0.15) is 0 Å². The van der Waals surface area contributed by atoms with Gasteiger partial charge in [-0.3, -0.25) is 4.79 Å². The van der Waals surface area contributed by atoms with Gasteiger partial charge in [-0.1, -0.05) is 6.07 Å². The van der Waals surface area contributed by atoms with Crippen molar-refractivity contribution in [3.05, 3.63) is 23.8 Å². The molecule has 0 radical (unpaired) electrons. The lowest BCUT2D eigenvalue weighted by atomic mass is 10.0. The van der Waals surface area contributed by atoms with Crippen molar-refractivity contribution in [1.82, 2.24) is 0 Å². The molecule has 0 amide bonds. The minimum absolute atomic E-state index is 0.499. The van der Waals surface area contributed by atoms with Gasteiger partial charge in [-0.25, -0.2) is 0 Å². The Morgan fingerprint density at radius 2 is 2.40 bits per heavy atom. The van der Waals surface area contributed by atoms with E-state index in [2.05, 4.69) is 5.32 Å². The van der Waals surface area contributed by atoms with E-state index in [1.807, 2.05) is 12.1 Å². The number of rotatable bonds is 2. The molecule has 1 unspecified atom stereocenters. The van der Waals surface area contributed by atoms with Gasteiger partial charge in [-0.05, 0) is 24.6 Å². The zero-order valence-corrected chi connectivity index (χ0v) is 8.49. The first-order valence-corrected chi connectivity index (χ1v) is 4.92. The van der Waals surface area contributed by atoms with Gasteiger partial charge in [0.2, 0.25) is 0 Å². The zero-order chi connectivity index (χ0) is 10.8. The lowest BCUT2D eigenvalue weighted by molar-refractivity contribution is -0.138. The van der Waals surface area contributed by atoms with Crippen molar-refractivity contribution in [2.75, 3.05) is 18.5 Å². The van der Waals surface area contributed by atoms with Crippen molar-refractivity contribution in [2.24, 2.45) is 0 Å². The van der Waals surface area contributed by atoms with Crippen LogP contribution in [0.15, 0.2) is 18.2 Å². The summed E-state index contributed by atoms with van der Waals surface area (Å²) in [7, 11) is 0. The standard InChI is InChI=1S/C11H13NO3/c1-7(11(13)14)8-2-3-9-10(6-8)15-5-4-12-9/h2-3,6-7,12H,4-5H2,1H3,(H,13,14). The van der Waals surface area contributed by atoms with Crippen LogP contribution in [0, 0.1) is 0 Å². The fraction of sp³-hybridized carbons (Fsp3) is 0.364. The molecule has 80 valence electrons. The van der Waals surface area contributed by atoms with E-state index in [0.717, 1.165) is 23.5 Å². The molecule has 4 nitrogen and oxygen atoms in total. The molecule has 1 aliphatic heterocycles. The molecule has 0 saturated carbocycles. The molecular formula is C11H13NO3. The molecule has 2 N–H and O–H groups in total. The quantitative estimate of drug-likeness (QED) is 0.774. The maximum Gasteiger partial charge on any atom is 0.310 e. The number of fused-ring (bicyclic) bond motifs is 1. The highest BCUT2D eigenvalue weighted by atomic mass is 16.5. The summed E-state index contributed by atoms with van der Waals surface area (Å²) in [5, 5.41) is 12.1. The Morgan fingerprint density at radius 1 is 1.60 bits per heavy atom. The summed E-state index contributed by atoms with van der Waals surface area (Å²) in [5.41, 5.74) is 1.70. The molecule has 0 spiro atoms. The molecule has 15 heavy (non-hydrogen) atoms. The van der Waals surface area contributed by atoms with Gasteiger partial charge in [0.15, 0.2) is 0 Å². The lowest BCUT2D eigenvalue weighted by Gasteiger charge is -2.20. The minimum atomic E-state index is -0.821. The third-order valence-corrected chi connectivity index (χ3v) is 2.55. The predicted octanol–water partition coefficient (Wildman–Crippen LogP) is 1.68. The van der Waals surface area contributed by atoms with E-state index in [-0.39, 0.29) is 0 Å². The molecule has 1 aromatic carbocycles. The molecule has 2 rings (SSSR count). The fourth-order valence-electron chi connectivity index (χ4n) is 1.56. The van der Waals surface area contributed by atoms with Crippen molar-refractivity contribution in [3.63, 3.8) is 0 Å². The van der Waals surface area contributed by atoms with Crippen molar-refractivity contribution in [1.29, 1.82) is 0 Å². The smallest absolute Gasteiger partial charge is 0.310 e. The van der Waals surface area contributed by atoms with E-state index in [1.54, 1.807) is 13.0 Å². The van der Waals surface area contributed by atoms with Gasteiger partial charge >= 0.3 is 5.97 Å². The summed E-state index contributed by atoms with van der Waals surface area (Å²) in [6.07, 6.45) is 0. The van der Waals surface area contributed by atoms with Crippen LogP contribution in [0.25, 0.3) is 0 Å². The number of ether oxygens (including phenoxy) is 1. The molecule has 1 atom stereocenters. The molecule has 0 aromatic heterocycles. The minimum Gasteiger partial charge on any atom is -0.490 e. The topological polar surface area (TPSA) is 58.6 Å². The summed E-state index contributed by atoms with van der Waals surface area (Å²) in [6.45, 7) is 3.08. The number of benzene rings is 1. The van der Waals surface area contributed by atoms with Crippen LogP contribution < -0.4 is 10.1 Å². The number of carboxylic acid groups (broad SMARTS) is 1. The Hall–Kier alpha value is -1.71. The molecule has 1 aromatic rings. The SMILES string of the molecule is CC(C(=O)O)c1ccc2c(c1)OCCN2. The van der Waals surface area contributed by atoms with E-state index in [4.69, 9.17) is 9.84 Å². The highest BCUT2D eigenvalue weighted by Crippen LogP contribution is 2.30. The first-order valence-electron chi connectivity index (χ1n) is 4.92. The summed E-state index contributed by atoms with van der Waals surface area (Å²) in [5.74, 6) is -0.577. The van der Waals surface area contributed by atoms with Crippen LogP contribution in [0.3, 0.4) is 0 Å². The van der Waals surface area contributed by atoms with Gasteiger partial charge in [0.05, 0.1) is 11.6 Å². The van der Waals surface area contributed by atoms with E-state index in [0.29, 0.717) is 6.61 Å². The largest absolute Gasteiger partial charge is 0.490 e. The van der Waals surface area contributed by atoms with Crippen LogP contribution in [-0.4, -0.2) is 24.2 Å². The Labute approximate surface area is 87.9 Å². The maximum absolute atomic E-state index is 10.8. The Balaban J connectivity index is 2.31. The van der Waals surface area contributed by atoms with Crippen molar-refractivity contribution < 1.29 is 14.6 Å². The monoisotopic (exact) mass is 207 g/mol. The van der Waals surface area contributed by atoms with E-state index in [9.17, 15) is 4.79 Å². The normalized spacial score (nSPS) is 15.8. The van der Waals surface area contributed by atoms with Gasteiger partial charge in [0.25, 0.3) is 0 Å². The third kappa shape index (κ3) is 1.88. The highest BCUT2D eigenvalue weighted by Gasteiger charge is 2.17. The van der Waals surface area contributed by atoms with E-state index < -0.39 is 11.9 Å². The molecule has 0 fully saturated rings. The van der Waals surface area contributed by atoms with Crippen molar-refractivity contribution >= 4 is 11.7 Å². The highest BCUT2D eigenvalue weighted by molar-refractivity contribution is 5.76. The van der Waals surface area contributed by atoms with Crippen LogP contribution in [-0.2, 0) is 4.79 Å². The summed E-state index contributed by atoms with van der Waals surface area (Å²) in [6, 6.07) is 5.48. The molecular weight excluding hydrogens is 194 g/mol. The fourth-order valence-corrected chi connectivity index (χ4v) is 1.56. The Bertz CT molecular complexity index is 389. The average Bonchev–Trinajstić information content (AvgIpc) is 2.27. The van der Waals surface area contributed by atoms with E-state index in [1.165, 1.54) is 0 Å². The van der Waals surface area contributed by atoms with Crippen LogP contribution in [0.2, 0.25) is 0 Å². The van der Waals surface area contributed by atoms with Crippen LogP contribution in [0.5, 0.6) is 5.75 Å².